The molecule has 3 rings (SSSR count). The summed E-state index contributed by atoms with van der Waals surface area (Å²) in [4.78, 5) is 0. The van der Waals surface area contributed by atoms with E-state index in [1.54, 1.807) is 14.2 Å². The molecular formula is C17H25NO2. The summed E-state index contributed by atoms with van der Waals surface area (Å²) in [6.45, 7) is 1.13. The van der Waals surface area contributed by atoms with Gasteiger partial charge in [0, 0.05) is 5.54 Å². The Morgan fingerprint density at radius 1 is 1.05 bits per heavy atom. The van der Waals surface area contributed by atoms with Crippen LogP contribution in [0.1, 0.15) is 44.1 Å². The predicted molar refractivity (Wildman–Crippen MR) is 80.4 cm³/mol. The Hall–Kier alpha value is -1.22. The second-order valence-corrected chi connectivity index (χ2v) is 6.05. The highest BCUT2D eigenvalue weighted by atomic mass is 16.5. The maximum atomic E-state index is 5.49. The molecule has 0 amide bonds. The first-order chi connectivity index (χ1) is 9.80. The summed E-state index contributed by atoms with van der Waals surface area (Å²) in [6, 6.07) is 6.44. The van der Waals surface area contributed by atoms with Gasteiger partial charge in [-0.05, 0) is 55.8 Å². The third-order valence-corrected chi connectivity index (χ3v) is 4.86. The molecule has 110 valence electrons. The summed E-state index contributed by atoms with van der Waals surface area (Å²) < 4.78 is 10.9. The number of rotatable bonds is 4. The smallest absolute Gasteiger partial charge is 0.161 e. The molecule has 0 bridgehead atoms. The zero-order valence-corrected chi connectivity index (χ0v) is 12.6. The van der Waals surface area contributed by atoms with Crippen LogP contribution in [0.2, 0.25) is 0 Å². The number of benzene rings is 1. The van der Waals surface area contributed by atoms with Crippen LogP contribution in [0.5, 0.6) is 11.5 Å². The van der Waals surface area contributed by atoms with Crippen molar-refractivity contribution in [3.05, 3.63) is 23.8 Å². The van der Waals surface area contributed by atoms with E-state index in [0.717, 1.165) is 24.0 Å². The van der Waals surface area contributed by atoms with Gasteiger partial charge in [0.25, 0.3) is 0 Å². The second kappa shape index (κ2) is 5.65. The summed E-state index contributed by atoms with van der Waals surface area (Å²) in [7, 11) is 3.41. The lowest BCUT2D eigenvalue weighted by Gasteiger charge is -2.35. The molecule has 1 aliphatic carbocycles. The monoisotopic (exact) mass is 275 g/mol. The van der Waals surface area contributed by atoms with Crippen molar-refractivity contribution in [3.63, 3.8) is 0 Å². The molecule has 1 N–H and O–H groups in total. The van der Waals surface area contributed by atoms with Crippen molar-refractivity contribution < 1.29 is 9.47 Å². The van der Waals surface area contributed by atoms with Gasteiger partial charge in [0.05, 0.1) is 14.2 Å². The Labute approximate surface area is 121 Å². The standard InChI is InChI=1S/C17H25NO2/c1-19-15-9-8-14(12-16(15)20-2)17(13-6-7-13)10-4-3-5-11-18-17/h8-9,12-13,18H,3-7,10-11H2,1-2H3. The number of hydrogen-bond donors (Lipinski definition) is 1. The van der Waals surface area contributed by atoms with E-state index < -0.39 is 0 Å². The molecule has 2 aliphatic rings. The highest BCUT2D eigenvalue weighted by Gasteiger charge is 2.46. The minimum Gasteiger partial charge on any atom is -0.493 e. The fourth-order valence-corrected chi connectivity index (χ4v) is 3.63. The van der Waals surface area contributed by atoms with Crippen LogP contribution in [0.4, 0.5) is 0 Å². The Morgan fingerprint density at radius 3 is 2.55 bits per heavy atom. The van der Waals surface area contributed by atoms with Gasteiger partial charge in [-0.15, -0.1) is 0 Å². The van der Waals surface area contributed by atoms with Gasteiger partial charge in [0.2, 0.25) is 0 Å². The van der Waals surface area contributed by atoms with E-state index in [9.17, 15) is 0 Å². The zero-order valence-electron chi connectivity index (χ0n) is 12.6. The quantitative estimate of drug-likeness (QED) is 0.912. The van der Waals surface area contributed by atoms with Crippen LogP contribution in [0, 0.1) is 5.92 Å². The van der Waals surface area contributed by atoms with Crippen LogP contribution in [0.3, 0.4) is 0 Å². The van der Waals surface area contributed by atoms with Crippen LogP contribution in [-0.4, -0.2) is 20.8 Å². The number of ether oxygens (including phenoxy) is 2. The molecule has 1 aliphatic heterocycles. The lowest BCUT2D eigenvalue weighted by molar-refractivity contribution is 0.276. The molecule has 1 atom stereocenters. The van der Waals surface area contributed by atoms with E-state index in [0.29, 0.717) is 0 Å². The molecule has 1 aromatic carbocycles. The van der Waals surface area contributed by atoms with E-state index in [1.807, 2.05) is 6.07 Å². The maximum Gasteiger partial charge on any atom is 0.161 e. The van der Waals surface area contributed by atoms with Gasteiger partial charge in [-0.2, -0.15) is 0 Å². The summed E-state index contributed by atoms with van der Waals surface area (Å²) in [5.41, 5.74) is 1.54. The third-order valence-electron chi connectivity index (χ3n) is 4.86. The van der Waals surface area contributed by atoms with Gasteiger partial charge in [-0.1, -0.05) is 18.9 Å². The molecule has 3 nitrogen and oxygen atoms in total. The van der Waals surface area contributed by atoms with E-state index in [1.165, 1.54) is 44.1 Å². The van der Waals surface area contributed by atoms with Crippen molar-refractivity contribution in [3.8, 4) is 11.5 Å². The highest BCUT2D eigenvalue weighted by molar-refractivity contribution is 5.45. The number of hydrogen-bond acceptors (Lipinski definition) is 3. The minimum atomic E-state index is 0.163. The molecule has 20 heavy (non-hydrogen) atoms. The summed E-state index contributed by atoms with van der Waals surface area (Å²) in [5.74, 6) is 2.45. The van der Waals surface area contributed by atoms with E-state index in [2.05, 4.69) is 17.4 Å². The van der Waals surface area contributed by atoms with E-state index >= 15 is 0 Å². The first-order valence-electron chi connectivity index (χ1n) is 7.78. The van der Waals surface area contributed by atoms with E-state index in [-0.39, 0.29) is 5.54 Å². The van der Waals surface area contributed by atoms with Crippen molar-refractivity contribution in [1.29, 1.82) is 0 Å². The number of methoxy groups -OCH3 is 2. The van der Waals surface area contributed by atoms with Crippen LogP contribution in [0.25, 0.3) is 0 Å². The van der Waals surface area contributed by atoms with Crippen molar-refractivity contribution in [2.75, 3.05) is 20.8 Å². The molecule has 0 spiro atoms. The van der Waals surface area contributed by atoms with Gasteiger partial charge in [-0.3, -0.25) is 0 Å². The molecule has 1 heterocycles. The molecule has 0 aromatic heterocycles. The Balaban J connectivity index is 1.98. The van der Waals surface area contributed by atoms with Gasteiger partial charge in [0.1, 0.15) is 0 Å². The van der Waals surface area contributed by atoms with Crippen molar-refractivity contribution in [1.82, 2.24) is 5.32 Å². The fraction of sp³-hybridized carbons (Fsp3) is 0.647. The summed E-state index contributed by atoms with van der Waals surface area (Å²) in [5, 5.41) is 3.87. The third kappa shape index (κ3) is 2.39. The summed E-state index contributed by atoms with van der Waals surface area (Å²) in [6.07, 6.45) is 7.89. The molecule has 2 fully saturated rings. The lowest BCUT2D eigenvalue weighted by atomic mass is 9.81. The molecule has 3 heteroatoms. The highest BCUT2D eigenvalue weighted by Crippen LogP contribution is 2.50. The number of nitrogens with one attached hydrogen (secondary N) is 1. The van der Waals surface area contributed by atoms with Crippen molar-refractivity contribution >= 4 is 0 Å². The van der Waals surface area contributed by atoms with E-state index in [4.69, 9.17) is 9.47 Å². The normalized spacial score (nSPS) is 26.9. The molecule has 1 aromatic rings. The largest absolute Gasteiger partial charge is 0.493 e. The molecule has 1 unspecified atom stereocenters. The first kappa shape index (κ1) is 13.7. The predicted octanol–water partition coefficient (Wildman–Crippen LogP) is 3.47. The van der Waals surface area contributed by atoms with Crippen molar-refractivity contribution in [2.45, 2.75) is 44.1 Å². The molecule has 1 saturated carbocycles. The SMILES string of the molecule is COc1ccc(C2(C3CC3)CCCCCN2)cc1OC. The Kier molecular flexibility index (Phi) is 3.88. The van der Waals surface area contributed by atoms with Crippen LogP contribution in [0.15, 0.2) is 18.2 Å². The summed E-state index contributed by atoms with van der Waals surface area (Å²) >= 11 is 0. The van der Waals surface area contributed by atoms with Gasteiger partial charge < -0.3 is 14.8 Å². The first-order valence-corrected chi connectivity index (χ1v) is 7.78. The van der Waals surface area contributed by atoms with Gasteiger partial charge in [0.15, 0.2) is 11.5 Å². The van der Waals surface area contributed by atoms with Crippen LogP contribution >= 0.6 is 0 Å². The maximum absolute atomic E-state index is 5.49. The van der Waals surface area contributed by atoms with Gasteiger partial charge in [-0.25, -0.2) is 0 Å². The lowest BCUT2D eigenvalue weighted by Crippen LogP contribution is -2.43. The average molecular weight is 275 g/mol. The topological polar surface area (TPSA) is 30.5 Å². The van der Waals surface area contributed by atoms with Gasteiger partial charge >= 0.3 is 0 Å². The second-order valence-electron chi connectivity index (χ2n) is 6.05. The molecular weight excluding hydrogens is 250 g/mol. The van der Waals surface area contributed by atoms with Crippen LogP contribution < -0.4 is 14.8 Å². The van der Waals surface area contributed by atoms with Crippen LogP contribution in [-0.2, 0) is 5.54 Å². The molecule has 0 radical (unpaired) electrons. The minimum absolute atomic E-state index is 0.163. The average Bonchev–Trinajstić information content (AvgIpc) is 3.32. The molecule has 1 saturated heterocycles. The Morgan fingerprint density at radius 2 is 1.85 bits per heavy atom. The van der Waals surface area contributed by atoms with Crippen molar-refractivity contribution in [2.24, 2.45) is 5.92 Å². The zero-order chi connectivity index (χ0) is 14.0. The fourth-order valence-electron chi connectivity index (χ4n) is 3.63. The Bertz CT molecular complexity index is 460.